The number of aromatic nitrogens is 3. The molecule has 0 aliphatic heterocycles. The molecule has 0 radical (unpaired) electrons. The summed E-state index contributed by atoms with van der Waals surface area (Å²) in [4.78, 5) is 0. The maximum atomic E-state index is 6.27. The van der Waals surface area contributed by atoms with Gasteiger partial charge in [0, 0.05) is 12.0 Å². The van der Waals surface area contributed by atoms with E-state index in [0.29, 0.717) is 22.7 Å². The van der Waals surface area contributed by atoms with E-state index in [0.717, 1.165) is 5.82 Å². The Bertz CT molecular complexity index is 420. The summed E-state index contributed by atoms with van der Waals surface area (Å²) in [6.45, 7) is 4.70. The average molecular weight is 254 g/mol. The van der Waals surface area contributed by atoms with Gasteiger partial charge < -0.3 is 0 Å². The van der Waals surface area contributed by atoms with Crippen molar-refractivity contribution in [3.63, 3.8) is 0 Å². The maximum Gasteiger partial charge on any atom is 0.225 e. The largest absolute Gasteiger partial charge is 0.298 e. The van der Waals surface area contributed by atoms with Crippen LogP contribution in [0.25, 0.3) is 0 Å². The van der Waals surface area contributed by atoms with E-state index < -0.39 is 0 Å². The van der Waals surface area contributed by atoms with Crippen LogP contribution in [0.5, 0.6) is 0 Å². The lowest BCUT2D eigenvalue weighted by atomic mass is 9.73. The van der Waals surface area contributed by atoms with Gasteiger partial charge in [0.15, 0.2) is 0 Å². The third kappa shape index (κ3) is 1.99. The topological polar surface area (TPSA) is 30.7 Å². The molecule has 0 bridgehead atoms. The fourth-order valence-corrected chi connectivity index (χ4v) is 3.39. The molecule has 1 atom stereocenters. The van der Waals surface area contributed by atoms with E-state index in [1.54, 1.807) is 0 Å². The minimum Gasteiger partial charge on any atom is -0.298 e. The monoisotopic (exact) mass is 253 g/mol. The lowest BCUT2D eigenvalue weighted by Crippen LogP contribution is -2.31. The van der Waals surface area contributed by atoms with Crippen molar-refractivity contribution < 1.29 is 0 Å². The van der Waals surface area contributed by atoms with Crippen LogP contribution in [0.2, 0.25) is 5.28 Å². The minimum absolute atomic E-state index is 0.313. The van der Waals surface area contributed by atoms with Crippen molar-refractivity contribution >= 4 is 11.6 Å². The van der Waals surface area contributed by atoms with Crippen molar-refractivity contribution in [1.29, 1.82) is 0 Å². The normalized spacial score (nSPS) is 28.3. The molecule has 2 aliphatic rings. The first-order chi connectivity index (χ1) is 8.09. The standard InChI is InChI=1S/C13H20ClN3/c1-13(2)8-4-3-5-10(13)17-11(9-6-7-9)15-16-12(17)14/h9-10H,3-8H2,1-2H3. The molecule has 4 heteroatoms. The van der Waals surface area contributed by atoms with Gasteiger partial charge in [-0.3, -0.25) is 4.57 Å². The van der Waals surface area contributed by atoms with Gasteiger partial charge >= 0.3 is 0 Å². The van der Waals surface area contributed by atoms with Gasteiger partial charge in [-0.05, 0) is 42.7 Å². The Morgan fingerprint density at radius 1 is 1.18 bits per heavy atom. The smallest absolute Gasteiger partial charge is 0.225 e. The van der Waals surface area contributed by atoms with Gasteiger partial charge in [0.25, 0.3) is 0 Å². The first-order valence-corrected chi connectivity index (χ1v) is 7.08. The average Bonchev–Trinajstić information content (AvgIpc) is 3.04. The number of nitrogens with zero attached hydrogens (tertiary/aromatic N) is 3. The molecule has 17 heavy (non-hydrogen) atoms. The van der Waals surface area contributed by atoms with Crippen LogP contribution in [-0.4, -0.2) is 14.8 Å². The molecule has 2 fully saturated rings. The number of hydrogen-bond acceptors (Lipinski definition) is 2. The van der Waals surface area contributed by atoms with Gasteiger partial charge in [0.1, 0.15) is 5.82 Å². The summed E-state index contributed by atoms with van der Waals surface area (Å²) in [5, 5.41) is 8.99. The molecule has 0 N–H and O–H groups in total. The molecule has 1 heterocycles. The third-order valence-corrected chi connectivity index (χ3v) is 4.64. The highest BCUT2D eigenvalue weighted by Gasteiger charge is 2.39. The summed E-state index contributed by atoms with van der Waals surface area (Å²) in [6, 6.07) is 0.481. The SMILES string of the molecule is CC1(C)CCCCC1n1c(Cl)nnc1C1CC1. The summed E-state index contributed by atoms with van der Waals surface area (Å²) in [7, 11) is 0. The van der Waals surface area contributed by atoms with Crippen LogP contribution >= 0.6 is 11.6 Å². The summed E-state index contributed by atoms with van der Waals surface area (Å²) < 4.78 is 2.23. The fourth-order valence-electron chi connectivity index (χ4n) is 3.15. The Balaban J connectivity index is 1.99. The second kappa shape index (κ2) is 3.98. The van der Waals surface area contributed by atoms with Crippen LogP contribution in [0.4, 0.5) is 0 Å². The molecule has 0 aromatic carbocycles. The van der Waals surface area contributed by atoms with Crippen LogP contribution in [0.3, 0.4) is 0 Å². The Hall–Kier alpha value is -0.570. The Morgan fingerprint density at radius 2 is 1.94 bits per heavy atom. The van der Waals surface area contributed by atoms with Gasteiger partial charge in [-0.25, -0.2) is 0 Å². The van der Waals surface area contributed by atoms with Crippen LogP contribution in [0.15, 0.2) is 0 Å². The van der Waals surface area contributed by atoms with Gasteiger partial charge in [0.2, 0.25) is 5.28 Å². The van der Waals surface area contributed by atoms with E-state index in [-0.39, 0.29) is 0 Å². The minimum atomic E-state index is 0.313. The maximum absolute atomic E-state index is 6.27. The number of hydrogen-bond donors (Lipinski definition) is 0. The van der Waals surface area contributed by atoms with Crippen molar-refractivity contribution in [1.82, 2.24) is 14.8 Å². The van der Waals surface area contributed by atoms with Gasteiger partial charge in [-0.2, -0.15) is 0 Å². The summed E-state index contributed by atoms with van der Waals surface area (Å²) >= 11 is 6.27. The first-order valence-electron chi connectivity index (χ1n) is 6.70. The molecular weight excluding hydrogens is 234 g/mol. The Morgan fingerprint density at radius 3 is 2.59 bits per heavy atom. The molecule has 94 valence electrons. The molecule has 0 saturated heterocycles. The number of rotatable bonds is 2. The predicted octanol–water partition coefficient (Wildman–Crippen LogP) is 3.95. The van der Waals surface area contributed by atoms with E-state index in [1.165, 1.54) is 38.5 Å². The zero-order valence-corrected chi connectivity index (χ0v) is 11.4. The van der Waals surface area contributed by atoms with E-state index in [2.05, 4.69) is 28.6 Å². The molecular formula is C13H20ClN3. The van der Waals surface area contributed by atoms with Crippen molar-refractivity contribution in [2.75, 3.05) is 0 Å². The van der Waals surface area contributed by atoms with E-state index in [1.807, 2.05) is 0 Å². The number of halogens is 1. The lowest BCUT2D eigenvalue weighted by Gasteiger charge is -2.40. The zero-order valence-electron chi connectivity index (χ0n) is 10.6. The molecule has 3 rings (SSSR count). The Labute approximate surface area is 108 Å². The zero-order chi connectivity index (χ0) is 12.0. The molecule has 3 nitrogen and oxygen atoms in total. The molecule has 0 amide bonds. The predicted molar refractivity (Wildman–Crippen MR) is 68.3 cm³/mol. The van der Waals surface area contributed by atoms with Gasteiger partial charge in [-0.15, -0.1) is 10.2 Å². The highest BCUT2D eigenvalue weighted by atomic mass is 35.5. The molecule has 0 spiro atoms. The molecule has 1 aromatic heterocycles. The molecule has 2 saturated carbocycles. The van der Waals surface area contributed by atoms with Crippen molar-refractivity contribution in [3.05, 3.63) is 11.1 Å². The van der Waals surface area contributed by atoms with Crippen molar-refractivity contribution in [2.45, 2.75) is 64.3 Å². The molecule has 1 unspecified atom stereocenters. The quantitative estimate of drug-likeness (QED) is 0.799. The van der Waals surface area contributed by atoms with Crippen LogP contribution in [-0.2, 0) is 0 Å². The van der Waals surface area contributed by atoms with Crippen molar-refractivity contribution in [3.8, 4) is 0 Å². The molecule has 1 aromatic rings. The highest BCUT2D eigenvalue weighted by Crippen LogP contribution is 2.48. The van der Waals surface area contributed by atoms with Crippen molar-refractivity contribution in [2.24, 2.45) is 5.41 Å². The second-order valence-electron chi connectivity index (χ2n) is 6.22. The van der Waals surface area contributed by atoms with Crippen LogP contribution < -0.4 is 0 Å². The summed E-state index contributed by atoms with van der Waals surface area (Å²) in [6.07, 6.45) is 7.62. The lowest BCUT2D eigenvalue weighted by molar-refractivity contribution is 0.141. The summed E-state index contributed by atoms with van der Waals surface area (Å²) in [5.74, 6) is 1.75. The van der Waals surface area contributed by atoms with Crippen LogP contribution in [0.1, 0.15) is 70.2 Å². The second-order valence-corrected chi connectivity index (χ2v) is 6.56. The summed E-state index contributed by atoms with van der Waals surface area (Å²) in [5.41, 5.74) is 0.313. The highest BCUT2D eigenvalue weighted by molar-refractivity contribution is 6.28. The van der Waals surface area contributed by atoms with Gasteiger partial charge in [0.05, 0.1) is 0 Å². The third-order valence-electron chi connectivity index (χ3n) is 4.39. The van der Waals surface area contributed by atoms with E-state index in [4.69, 9.17) is 11.6 Å². The molecule has 2 aliphatic carbocycles. The first kappa shape index (κ1) is 11.5. The van der Waals surface area contributed by atoms with Gasteiger partial charge in [-0.1, -0.05) is 26.7 Å². The fraction of sp³-hybridized carbons (Fsp3) is 0.846. The van der Waals surface area contributed by atoms with E-state index in [9.17, 15) is 0 Å². The van der Waals surface area contributed by atoms with Crippen LogP contribution in [0, 0.1) is 5.41 Å². The van der Waals surface area contributed by atoms with E-state index >= 15 is 0 Å². The Kier molecular flexibility index (Phi) is 2.69.